The number of carbonyl (C=O) groups excluding carboxylic acids is 1. The molecule has 1 fully saturated rings. The molecule has 7 nitrogen and oxygen atoms in total. The van der Waals surface area contributed by atoms with Gasteiger partial charge in [-0.1, -0.05) is 12.5 Å². The Hall–Kier alpha value is -3.00. The summed E-state index contributed by atoms with van der Waals surface area (Å²) in [4.78, 5) is 33.8. The number of anilines is 2. The summed E-state index contributed by atoms with van der Waals surface area (Å²) in [5, 5.41) is 13.1. The van der Waals surface area contributed by atoms with Crippen molar-refractivity contribution in [2.75, 3.05) is 5.32 Å². The Balaban J connectivity index is 1.63. The van der Waals surface area contributed by atoms with E-state index in [1.54, 1.807) is 12.1 Å². The van der Waals surface area contributed by atoms with E-state index in [0.29, 0.717) is 21.2 Å². The smallest absolute Gasteiger partial charge is 0.348 e. The Morgan fingerprint density at radius 1 is 1.21 bits per heavy atom. The summed E-state index contributed by atoms with van der Waals surface area (Å²) in [5.41, 5.74) is 1.55. The Labute approximate surface area is 171 Å². The van der Waals surface area contributed by atoms with Gasteiger partial charge in [-0.15, -0.1) is 11.3 Å². The lowest BCUT2D eigenvalue weighted by atomic mass is 9.98. The standard InChI is InChI=1S/C21H21N3O4S/c1-12-16-18(24-14-7-5-6-13(10-14)20(25)26)22-11-23-19(16)29-17(12)21(27)28-15-8-3-2-4-9-15/h5-7,10-11,15H,2-4,8-9H2,1H3,(H,25,26)(H,22,23,24). The maximum Gasteiger partial charge on any atom is 0.348 e. The molecular weight excluding hydrogens is 390 g/mol. The van der Waals surface area contributed by atoms with E-state index in [9.17, 15) is 14.7 Å². The van der Waals surface area contributed by atoms with E-state index in [1.165, 1.54) is 36.2 Å². The lowest BCUT2D eigenvalue weighted by molar-refractivity contribution is 0.0216. The number of aryl methyl sites for hydroxylation is 1. The van der Waals surface area contributed by atoms with Crippen LogP contribution in [0.1, 0.15) is 57.7 Å². The molecule has 1 saturated carbocycles. The predicted octanol–water partition coefficient (Wildman–Crippen LogP) is 4.93. The van der Waals surface area contributed by atoms with Crippen molar-refractivity contribution in [2.24, 2.45) is 0 Å². The van der Waals surface area contributed by atoms with E-state index < -0.39 is 5.97 Å². The van der Waals surface area contributed by atoms with Gasteiger partial charge < -0.3 is 15.2 Å². The second kappa shape index (κ2) is 8.16. The molecule has 0 atom stereocenters. The molecule has 2 aromatic heterocycles. The number of hydrogen-bond donors (Lipinski definition) is 2. The van der Waals surface area contributed by atoms with Gasteiger partial charge in [0.15, 0.2) is 0 Å². The van der Waals surface area contributed by atoms with E-state index in [4.69, 9.17) is 4.74 Å². The van der Waals surface area contributed by atoms with Gasteiger partial charge in [0.25, 0.3) is 0 Å². The molecule has 2 heterocycles. The summed E-state index contributed by atoms with van der Waals surface area (Å²) >= 11 is 1.29. The Kier molecular flexibility index (Phi) is 5.44. The summed E-state index contributed by atoms with van der Waals surface area (Å²) < 4.78 is 5.73. The van der Waals surface area contributed by atoms with Crippen LogP contribution in [0.25, 0.3) is 10.2 Å². The highest BCUT2D eigenvalue weighted by atomic mass is 32.1. The predicted molar refractivity (Wildman–Crippen MR) is 111 cm³/mol. The highest BCUT2D eigenvalue weighted by Crippen LogP contribution is 2.35. The summed E-state index contributed by atoms with van der Waals surface area (Å²) in [7, 11) is 0. The third kappa shape index (κ3) is 4.07. The van der Waals surface area contributed by atoms with Gasteiger partial charge >= 0.3 is 11.9 Å². The van der Waals surface area contributed by atoms with Crippen LogP contribution in [0.3, 0.4) is 0 Å². The summed E-state index contributed by atoms with van der Waals surface area (Å²) in [6.45, 7) is 1.86. The fourth-order valence-electron chi connectivity index (χ4n) is 3.62. The topological polar surface area (TPSA) is 101 Å². The summed E-state index contributed by atoms with van der Waals surface area (Å²) in [6, 6.07) is 6.49. The average molecular weight is 411 g/mol. The maximum absolute atomic E-state index is 12.7. The van der Waals surface area contributed by atoms with Crippen molar-refractivity contribution in [2.45, 2.75) is 45.1 Å². The normalized spacial score (nSPS) is 14.7. The third-order valence-electron chi connectivity index (χ3n) is 5.11. The first kappa shape index (κ1) is 19.3. The van der Waals surface area contributed by atoms with Crippen molar-refractivity contribution < 1.29 is 19.4 Å². The molecule has 2 N–H and O–H groups in total. The van der Waals surface area contributed by atoms with Crippen LogP contribution in [0.15, 0.2) is 30.6 Å². The third-order valence-corrected chi connectivity index (χ3v) is 6.29. The van der Waals surface area contributed by atoms with Crippen LogP contribution < -0.4 is 5.32 Å². The summed E-state index contributed by atoms with van der Waals surface area (Å²) in [6.07, 6.45) is 6.64. The maximum atomic E-state index is 12.7. The number of nitrogens with one attached hydrogen (secondary N) is 1. The monoisotopic (exact) mass is 411 g/mol. The number of ether oxygens (including phenoxy) is 1. The number of benzene rings is 1. The molecule has 0 spiro atoms. The van der Waals surface area contributed by atoms with Crippen LogP contribution in [-0.2, 0) is 4.74 Å². The molecule has 1 aromatic carbocycles. The molecule has 0 amide bonds. The number of fused-ring (bicyclic) bond motifs is 1. The minimum atomic E-state index is -0.999. The van der Waals surface area contributed by atoms with Crippen LogP contribution in [0.2, 0.25) is 0 Å². The zero-order valence-corrected chi connectivity index (χ0v) is 16.8. The largest absolute Gasteiger partial charge is 0.478 e. The number of hydrogen-bond acceptors (Lipinski definition) is 7. The van der Waals surface area contributed by atoms with Gasteiger partial charge in [0.2, 0.25) is 0 Å². The second-order valence-electron chi connectivity index (χ2n) is 7.13. The van der Waals surface area contributed by atoms with Crippen molar-refractivity contribution in [1.82, 2.24) is 9.97 Å². The van der Waals surface area contributed by atoms with E-state index in [2.05, 4.69) is 15.3 Å². The number of aromatic nitrogens is 2. The Morgan fingerprint density at radius 3 is 2.76 bits per heavy atom. The first-order valence-electron chi connectivity index (χ1n) is 9.58. The fraction of sp³-hybridized carbons (Fsp3) is 0.333. The van der Waals surface area contributed by atoms with Crippen molar-refractivity contribution >= 4 is 45.0 Å². The lowest BCUT2D eigenvalue weighted by Gasteiger charge is -2.21. The number of carboxylic acid groups (broad SMARTS) is 1. The van der Waals surface area contributed by atoms with Gasteiger partial charge in [0.05, 0.1) is 10.9 Å². The molecule has 8 heteroatoms. The minimum Gasteiger partial charge on any atom is -0.478 e. The molecule has 29 heavy (non-hydrogen) atoms. The molecule has 0 unspecified atom stereocenters. The van der Waals surface area contributed by atoms with Crippen molar-refractivity contribution in [3.05, 3.63) is 46.6 Å². The second-order valence-corrected chi connectivity index (χ2v) is 8.13. The molecule has 0 radical (unpaired) electrons. The van der Waals surface area contributed by atoms with Gasteiger partial charge in [-0.3, -0.25) is 0 Å². The Morgan fingerprint density at radius 2 is 2.00 bits per heavy atom. The van der Waals surface area contributed by atoms with Crippen molar-refractivity contribution in [3.8, 4) is 0 Å². The number of nitrogens with zero attached hydrogens (tertiary/aromatic N) is 2. The van der Waals surface area contributed by atoms with Gasteiger partial charge in [-0.25, -0.2) is 19.6 Å². The molecule has 0 saturated heterocycles. The SMILES string of the molecule is Cc1c(C(=O)OC2CCCCC2)sc2ncnc(Nc3cccc(C(=O)O)c3)c12. The van der Waals surface area contributed by atoms with Crippen molar-refractivity contribution in [1.29, 1.82) is 0 Å². The number of esters is 1. The molecule has 3 aromatic rings. The van der Waals surface area contributed by atoms with E-state index >= 15 is 0 Å². The number of carboxylic acids is 1. The molecule has 150 valence electrons. The van der Waals surface area contributed by atoms with Crippen LogP contribution in [0.5, 0.6) is 0 Å². The average Bonchev–Trinajstić information content (AvgIpc) is 3.07. The first-order chi connectivity index (χ1) is 14.0. The van der Waals surface area contributed by atoms with E-state index in [1.807, 2.05) is 6.92 Å². The number of thiophene rings is 1. The fourth-order valence-corrected chi connectivity index (χ4v) is 4.65. The zero-order chi connectivity index (χ0) is 20.4. The Bertz CT molecular complexity index is 1070. The van der Waals surface area contributed by atoms with E-state index in [0.717, 1.165) is 36.6 Å². The van der Waals surface area contributed by atoms with Gasteiger partial charge in [-0.05, 0) is 56.4 Å². The minimum absolute atomic E-state index is 0.0108. The van der Waals surface area contributed by atoms with E-state index in [-0.39, 0.29) is 17.6 Å². The van der Waals surface area contributed by atoms with Gasteiger partial charge in [-0.2, -0.15) is 0 Å². The molecular formula is C21H21N3O4S. The number of aromatic carboxylic acids is 1. The number of rotatable bonds is 5. The molecule has 4 rings (SSSR count). The summed E-state index contributed by atoms with van der Waals surface area (Å²) in [5.74, 6) is -0.778. The molecule has 1 aliphatic rings. The van der Waals surface area contributed by atoms with Gasteiger partial charge in [0, 0.05) is 5.69 Å². The highest BCUT2D eigenvalue weighted by molar-refractivity contribution is 7.20. The molecule has 0 bridgehead atoms. The van der Waals surface area contributed by atoms with Crippen LogP contribution in [0.4, 0.5) is 11.5 Å². The molecule has 1 aliphatic carbocycles. The van der Waals surface area contributed by atoms with Crippen molar-refractivity contribution in [3.63, 3.8) is 0 Å². The number of carbonyl (C=O) groups is 2. The molecule has 0 aliphatic heterocycles. The van der Waals surface area contributed by atoms with Gasteiger partial charge in [0.1, 0.15) is 28.0 Å². The van der Waals surface area contributed by atoms with Crippen LogP contribution in [0, 0.1) is 6.92 Å². The lowest BCUT2D eigenvalue weighted by Crippen LogP contribution is -2.20. The van der Waals surface area contributed by atoms with Crippen LogP contribution in [-0.4, -0.2) is 33.1 Å². The van der Waals surface area contributed by atoms with Crippen LogP contribution >= 0.6 is 11.3 Å². The highest BCUT2D eigenvalue weighted by Gasteiger charge is 2.24. The zero-order valence-electron chi connectivity index (χ0n) is 16.0. The quantitative estimate of drug-likeness (QED) is 0.574. The first-order valence-corrected chi connectivity index (χ1v) is 10.4.